The quantitative estimate of drug-likeness (QED) is 0.697. The molecule has 10 atom stereocenters. The summed E-state index contributed by atoms with van der Waals surface area (Å²) >= 11 is 0. The van der Waals surface area contributed by atoms with Crippen LogP contribution in [0.5, 0.6) is 0 Å². The van der Waals surface area contributed by atoms with Crippen LogP contribution in [0.2, 0.25) is 0 Å². The summed E-state index contributed by atoms with van der Waals surface area (Å²) in [7, 11) is 0. The van der Waals surface area contributed by atoms with Crippen molar-refractivity contribution in [3.8, 4) is 0 Å². The zero-order valence-electron chi connectivity index (χ0n) is 17.1. The fraction of sp³-hybridized carbons (Fsp3) is 1.00. The smallest absolute Gasteiger partial charge is 0.0771 e. The second-order valence-electron chi connectivity index (χ2n) is 11.5. The van der Waals surface area contributed by atoms with Crippen molar-refractivity contribution in [1.29, 1.82) is 0 Å². The van der Waals surface area contributed by atoms with Gasteiger partial charge in [-0.15, -0.1) is 0 Å². The van der Waals surface area contributed by atoms with Crippen molar-refractivity contribution in [3.63, 3.8) is 0 Å². The third-order valence-corrected chi connectivity index (χ3v) is 11.2. The molecule has 5 heteroatoms. The highest BCUT2D eigenvalue weighted by Crippen LogP contribution is 2.93. The summed E-state index contributed by atoms with van der Waals surface area (Å²) in [4.78, 5) is 5.43. The van der Waals surface area contributed by atoms with Gasteiger partial charge in [-0.1, -0.05) is 0 Å². The van der Waals surface area contributed by atoms with E-state index in [0.29, 0.717) is 11.2 Å². The Labute approximate surface area is 168 Å². The molecule has 10 unspecified atom stereocenters. The molecule has 154 valence electrons. The molecule has 0 radical (unpaired) electrons. The molecular formula is C23H36N4O. The molecule has 2 N–H and O–H groups in total. The number of piperazine rings is 2. The minimum Gasteiger partial charge on any atom is -0.367 e. The molecule has 0 aromatic heterocycles. The molecular weight excluding hydrogens is 348 g/mol. The summed E-state index contributed by atoms with van der Waals surface area (Å²) in [5.41, 5.74) is 0.613. The zero-order valence-corrected chi connectivity index (χ0v) is 17.1. The van der Waals surface area contributed by atoms with Crippen molar-refractivity contribution in [1.82, 2.24) is 20.4 Å². The molecule has 5 aliphatic carbocycles. The van der Waals surface area contributed by atoms with Gasteiger partial charge in [-0.3, -0.25) is 0 Å². The minimum atomic E-state index is 0.306. The van der Waals surface area contributed by atoms with E-state index >= 15 is 0 Å². The molecule has 4 saturated heterocycles. The number of hydrogen-bond donors (Lipinski definition) is 2. The van der Waals surface area contributed by atoms with Crippen molar-refractivity contribution in [3.05, 3.63) is 0 Å². The third kappa shape index (κ3) is 1.66. The van der Waals surface area contributed by atoms with E-state index in [-0.39, 0.29) is 0 Å². The molecule has 4 heterocycles. The van der Waals surface area contributed by atoms with Crippen LogP contribution >= 0.6 is 0 Å². The van der Waals surface area contributed by atoms with Gasteiger partial charge in [0.05, 0.1) is 11.2 Å². The molecule has 9 rings (SSSR count). The van der Waals surface area contributed by atoms with E-state index in [1.165, 1.54) is 78.3 Å². The predicted octanol–water partition coefficient (Wildman–Crippen LogP) is 0.473. The normalized spacial score (nSPS) is 60.4. The molecule has 0 aromatic carbocycles. The summed E-state index contributed by atoms with van der Waals surface area (Å²) in [6.07, 6.45) is 4.28. The fourth-order valence-electron chi connectivity index (χ4n) is 10.8. The summed E-state index contributed by atoms with van der Waals surface area (Å²) in [6.45, 7) is 12.2. The lowest BCUT2D eigenvalue weighted by molar-refractivity contribution is -0.0855. The lowest BCUT2D eigenvalue weighted by Crippen LogP contribution is -2.53. The first kappa shape index (κ1) is 16.5. The first-order chi connectivity index (χ1) is 13.8. The number of rotatable bonds is 6. The van der Waals surface area contributed by atoms with Crippen molar-refractivity contribution in [2.24, 2.45) is 47.3 Å². The Bertz CT molecular complexity index is 630. The molecule has 5 nitrogen and oxygen atoms in total. The van der Waals surface area contributed by atoms with Gasteiger partial charge in [0.15, 0.2) is 0 Å². The van der Waals surface area contributed by atoms with Crippen LogP contribution in [0.1, 0.15) is 19.3 Å². The lowest BCUT2D eigenvalue weighted by Gasteiger charge is -2.48. The summed E-state index contributed by atoms with van der Waals surface area (Å²) < 4.78 is 7.44. The van der Waals surface area contributed by atoms with Gasteiger partial charge >= 0.3 is 0 Å². The highest BCUT2D eigenvalue weighted by molar-refractivity contribution is 5.43. The Hall–Kier alpha value is -0.200. The molecule has 0 amide bonds. The fourth-order valence-corrected chi connectivity index (χ4v) is 10.8. The summed E-state index contributed by atoms with van der Waals surface area (Å²) in [5.74, 6) is 8.12. The number of nitrogens with zero attached hydrogens (tertiary/aromatic N) is 2. The van der Waals surface area contributed by atoms with Crippen molar-refractivity contribution in [2.75, 3.05) is 65.4 Å². The van der Waals surface area contributed by atoms with Gasteiger partial charge < -0.3 is 25.2 Å². The SMILES string of the molecule is C1CN(CCC23OC4(CCN5CCNCC5)C5C6CC(C7C6C4C72)C53)CCN1. The van der Waals surface area contributed by atoms with Crippen LogP contribution in [-0.2, 0) is 4.74 Å². The zero-order chi connectivity index (χ0) is 18.1. The van der Waals surface area contributed by atoms with E-state index in [9.17, 15) is 0 Å². The first-order valence-electron chi connectivity index (χ1n) is 12.4. The van der Waals surface area contributed by atoms with E-state index in [1.54, 1.807) is 6.42 Å². The van der Waals surface area contributed by atoms with E-state index in [2.05, 4.69) is 20.4 Å². The van der Waals surface area contributed by atoms with Gasteiger partial charge in [-0.25, -0.2) is 0 Å². The standard InChI is InChI=1S/C23H36N4O/c1(7-26-9-3-24-4-10-26)22-18-14-13-15-17-16(14)20(22)21(17)23(28-22,19(15)18)2-8-27-11-5-25-6-12-27/h14-21,24-25H,1-13H2. The Kier molecular flexibility index (Phi) is 3.14. The van der Waals surface area contributed by atoms with Gasteiger partial charge in [0, 0.05) is 65.4 Å². The van der Waals surface area contributed by atoms with Gasteiger partial charge in [0.25, 0.3) is 0 Å². The monoisotopic (exact) mass is 384 g/mol. The molecule has 4 aliphatic heterocycles. The van der Waals surface area contributed by atoms with Gasteiger partial charge in [-0.2, -0.15) is 0 Å². The molecule has 9 fully saturated rings. The molecule has 0 aromatic rings. The highest BCUT2D eigenvalue weighted by atomic mass is 16.5. The van der Waals surface area contributed by atoms with Crippen molar-refractivity contribution < 1.29 is 4.74 Å². The highest BCUT2D eigenvalue weighted by Gasteiger charge is 2.96. The van der Waals surface area contributed by atoms with Crippen LogP contribution < -0.4 is 10.6 Å². The maximum Gasteiger partial charge on any atom is 0.0771 e. The van der Waals surface area contributed by atoms with Crippen LogP contribution in [0.15, 0.2) is 0 Å². The van der Waals surface area contributed by atoms with E-state index in [4.69, 9.17) is 4.74 Å². The molecule has 5 saturated carbocycles. The Morgan fingerprint density at radius 1 is 0.679 bits per heavy atom. The van der Waals surface area contributed by atoms with Crippen molar-refractivity contribution >= 4 is 0 Å². The summed E-state index contributed by atoms with van der Waals surface area (Å²) in [5, 5.41) is 7.04. The Balaban J connectivity index is 1.07. The summed E-state index contributed by atoms with van der Waals surface area (Å²) in [6, 6.07) is 0. The second kappa shape index (κ2) is 5.34. The molecule has 0 spiro atoms. The van der Waals surface area contributed by atoms with Crippen molar-refractivity contribution in [2.45, 2.75) is 30.5 Å². The van der Waals surface area contributed by atoms with Crippen LogP contribution in [-0.4, -0.2) is 86.4 Å². The Morgan fingerprint density at radius 3 is 1.61 bits per heavy atom. The molecule has 4 bridgehead atoms. The number of ether oxygens (including phenoxy) is 1. The average Bonchev–Trinajstić information content (AvgIpc) is 3.39. The first-order valence-corrected chi connectivity index (χ1v) is 12.4. The predicted molar refractivity (Wildman–Crippen MR) is 107 cm³/mol. The van der Waals surface area contributed by atoms with Gasteiger partial charge in [-0.05, 0) is 66.6 Å². The van der Waals surface area contributed by atoms with E-state index < -0.39 is 0 Å². The largest absolute Gasteiger partial charge is 0.367 e. The Morgan fingerprint density at radius 2 is 1.14 bits per heavy atom. The van der Waals surface area contributed by atoms with Crippen LogP contribution in [0, 0.1) is 47.3 Å². The number of hydrogen-bond acceptors (Lipinski definition) is 5. The maximum absolute atomic E-state index is 7.44. The lowest BCUT2D eigenvalue weighted by atomic mass is 9.54. The van der Waals surface area contributed by atoms with Crippen LogP contribution in [0.3, 0.4) is 0 Å². The number of nitrogens with one attached hydrogen (secondary N) is 2. The van der Waals surface area contributed by atoms with E-state index in [1.807, 2.05) is 0 Å². The van der Waals surface area contributed by atoms with Gasteiger partial charge in [0.2, 0.25) is 0 Å². The average molecular weight is 385 g/mol. The van der Waals surface area contributed by atoms with Gasteiger partial charge in [0.1, 0.15) is 0 Å². The minimum absolute atomic E-state index is 0.306. The molecule has 9 aliphatic rings. The maximum atomic E-state index is 7.44. The molecule has 28 heavy (non-hydrogen) atoms. The van der Waals surface area contributed by atoms with Crippen LogP contribution in [0.25, 0.3) is 0 Å². The topological polar surface area (TPSA) is 39.8 Å². The van der Waals surface area contributed by atoms with E-state index in [0.717, 1.165) is 47.3 Å². The second-order valence-corrected chi connectivity index (χ2v) is 11.5. The van der Waals surface area contributed by atoms with Crippen LogP contribution in [0.4, 0.5) is 0 Å². The third-order valence-electron chi connectivity index (χ3n) is 11.2.